The van der Waals surface area contributed by atoms with Crippen molar-refractivity contribution < 1.29 is 9.59 Å². The molecule has 1 aliphatic rings. The van der Waals surface area contributed by atoms with Crippen LogP contribution >= 0.6 is 22.9 Å². The molecule has 0 spiro atoms. The fourth-order valence-electron chi connectivity index (χ4n) is 4.96. The standard InChI is InChI=1S/C29H36ClN3O2S/c1-2-3-17-32(29(35)27-16-10-19-36-27)22-28(34)33(24-12-5-4-6-13-24)21-25-14-9-18-31(25)20-23-11-7-8-15-26(23)30/h7-11,14-16,18-19,24H,2-6,12-13,17,20-22H2,1H3. The molecule has 0 saturated heterocycles. The van der Waals surface area contributed by atoms with Crippen LogP contribution in [0, 0.1) is 0 Å². The van der Waals surface area contributed by atoms with E-state index in [1.54, 1.807) is 4.90 Å². The van der Waals surface area contributed by atoms with Crippen molar-refractivity contribution in [3.05, 3.63) is 81.3 Å². The number of carbonyl (C=O) groups is 2. The molecular formula is C29H36ClN3O2S. The maximum absolute atomic E-state index is 13.8. The molecule has 0 bridgehead atoms. The Morgan fingerprint density at radius 1 is 1.06 bits per heavy atom. The van der Waals surface area contributed by atoms with Gasteiger partial charge in [-0.15, -0.1) is 11.3 Å². The summed E-state index contributed by atoms with van der Waals surface area (Å²) in [5.41, 5.74) is 2.14. The lowest BCUT2D eigenvalue weighted by Crippen LogP contribution is -2.47. The van der Waals surface area contributed by atoms with Gasteiger partial charge < -0.3 is 14.4 Å². The first-order valence-corrected chi connectivity index (χ1v) is 14.3. The summed E-state index contributed by atoms with van der Waals surface area (Å²) in [5, 5.41) is 2.66. The number of hydrogen-bond donors (Lipinski definition) is 0. The van der Waals surface area contributed by atoms with E-state index in [4.69, 9.17) is 11.6 Å². The zero-order valence-electron chi connectivity index (χ0n) is 21.1. The maximum Gasteiger partial charge on any atom is 0.264 e. The molecule has 2 aromatic heterocycles. The van der Waals surface area contributed by atoms with Crippen LogP contribution in [-0.2, 0) is 17.9 Å². The van der Waals surface area contributed by atoms with Crippen LogP contribution in [0.15, 0.2) is 60.1 Å². The van der Waals surface area contributed by atoms with Gasteiger partial charge in [-0.2, -0.15) is 0 Å². The lowest BCUT2D eigenvalue weighted by Gasteiger charge is -2.36. The van der Waals surface area contributed by atoms with E-state index in [0.717, 1.165) is 54.8 Å². The Hall–Kier alpha value is -2.57. The average Bonchev–Trinajstić information content (AvgIpc) is 3.59. The molecule has 0 atom stereocenters. The van der Waals surface area contributed by atoms with Crippen molar-refractivity contribution in [3.8, 4) is 0 Å². The van der Waals surface area contributed by atoms with E-state index in [0.29, 0.717) is 24.5 Å². The third-order valence-corrected chi connectivity index (χ3v) is 8.24. The highest BCUT2D eigenvalue weighted by atomic mass is 35.5. The number of benzene rings is 1. The topological polar surface area (TPSA) is 45.6 Å². The summed E-state index contributed by atoms with van der Waals surface area (Å²) in [4.78, 5) is 31.5. The first kappa shape index (κ1) is 26.5. The Balaban J connectivity index is 1.54. The number of rotatable bonds is 11. The molecule has 0 radical (unpaired) electrons. The van der Waals surface area contributed by atoms with E-state index >= 15 is 0 Å². The van der Waals surface area contributed by atoms with Gasteiger partial charge in [-0.1, -0.05) is 68.5 Å². The predicted molar refractivity (Wildman–Crippen MR) is 148 cm³/mol. The molecule has 3 aromatic rings. The van der Waals surface area contributed by atoms with Gasteiger partial charge in [-0.3, -0.25) is 9.59 Å². The van der Waals surface area contributed by atoms with E-state index in [9.17, 15) is 9.59 Å². The Morgan fingerprint density at radius 3 is 2.58 bits per heavy atom. The van der Waals surface area contributed by atoms with Gasteiger partial charge in [-0.25, -0.2) is 0 Å². The fraction of sp³-hybridized carbons (Fsp3) is 0.448. The minimum atomic E-state index is -0.0440. The van der Waals surface area contributed by atoms with Crippen molar-refractivity contribution >= 4 is 34.8 Å². The summed E-state index contributed by atoms with van der Waals surface area (Å²) in [7, 11) is 0. The predicted octanol–water partition coefficient (Wildman–Crippen LogP) is 6.86. The van der Waals surface area contributed by atoms with Crippen molar-refractivity contribution in [3.63, 3.8) is 0 Å². The van der Waals surface area contributed by atoms with Gasteiger partial charge in [0.2, 0.25) is 5.91 Å². The highest BCUT2D eigenvalue weighted by Crippen LogP contribution is 2.26. The van der Waals surface area contributed by atoms with Gasteiger partial charge in [-0.05, 0) is 54.5 Å². The van der Waals surface area contributed by atoms with Crippen LogP contribution in [0.2, 0.25) is 5.02 Å². The van der Waals surface area contributed by atoms with Crippen molar-refractivity contribution in [1.29, 1.82) is 0 Å². The molecule has 0 unspecified atom stereocenters. The monoisotopic (exact) mass is 525 g/mol. The minimum Gasteiger partial charge on any atom is -0.345 e. The molecule has 7 heteroatoms. The fourth-order valence-corrected chi connectivity index (χ4v) is 5.84. The number of unbranched alkanes of at least 4 members (excludes halogenated alkanes) is 1. The average molecular weight is 526 g/mol. The van der Waals surface area contributed by atoms with E-state index in [1.807, 2.05) is 52.7 Å². The highest BCUT2D eigenvalue weighted by Gasteiger charge is 2.29. The summed E-state index contributed by atoms with van der Waals surface area (Å²) in [6.45, 7) is 4.03. The number of amides is 2. The molecule has 0 N–H and O–H groups in total. The van der Waals surface area contributed by atoms with Crippen LogP contribution in [0.4, 0.5) is 0 Å². The van der Waals surface area contributed by atoms with Crippen molar-refractivity contribution in [2.45, 2.75) is 71.0 Å². The molecule has 0 aliphatic heterocycles. The summed E-state index contributed by atoms with van der Waals surface area (Å²) in [5.74, 6) is -0.00843. The molecular weight excluding hydrogens is 490 g/mol. The first-order valence-electron chi connectivity index (χ1n) is 13.1. The molecule has 2 heterocycles. The third kappa shape index (κ3) is 6.80. The molecule has 1 fully saturated rings. The summed E-state index contributed by atoms with van der Waals surface area (Å²) in [6.07, 6.45) is 9.46. The third-order valence-electron chi connectivity index (χ3n) is 7.02. The van der Waals surface area contributed by atoms with E-state index < -0.39 is 0 Å². The summed E-state index contributed by atoms with van der Waals surface area (Å²) < 4.78 is 2.18. The SMILES string of the molecule is CCCCN(CC(=O)N(Cc1cccn1Cc1ccccc1Cl)C1CCCCC1)C(=O)c1cccs1. The van der Waals surface area contributed by atoms with Crippen LogP contribution in [0.5, 0.6) is 0 Å². The molecule has 1 aliphatic carbocycles. The number of aromatic nitrogens is 1. The zero-order valence-corrected chi connectivity index (χ0v) is 22.6. The Morgan fingerprint density at radius 2 is 1.86 bits per heavy atom. The Labute approximate surface area is 223 Å². The van der Waals surface area contributed by atoms with Crippen LogP contribution in [0.1, 0.15) is 72.8 Å². The molecule has 5 nitrogen and oxygen atoms in total. The smallest absolute Gasteiger partial charge is 0.264 e. The van der Waals surface area contributed by atoms with Crippen LogP contribution in [0.3, 0.4) is 0 Å². The minimum absolute atomic E-state index is 0.0356. The summed E-state index contributed by atoms with van der Waals surface area (Å²) >= 11 is 7.86. The first-order chi connectivity index (χ1) is 17.6. The second-order valence-corrected chi connectivity index (χ2v) is 10.9. The van der Waals surface area contributed by atoms with Gasteiger partial charge in [0.25, 0.3) is 5.91 Å². The van der Waals surface area contributed by atoms with Gasteiger partial charge in [0.15, 0.2) is 0 Å². The lowest BCUT2D eigenvalue weighted by atomic mass is 9.94. The zero-order chi connectivity index (χ0) is 25.3. The van der Waals surface area contributed by atoms with E-state index in [2.05, 4.69) is 23.8 Å². The molecule has 36 heavy (non-hydrogen) atoms. The summed E-state index contributed by atoms with van der Waals surface area (Å²) in [6, 6.07) is 15.9. The maximum atomic E-state index is 13.8. The van der Waals surface area contributed by atoms with Gasteiger partial charge in [0, 0.05) is 36.0 Å². The number of carbonyl (C=O) groups excluding carboxylic acids is 2. The molecule has 4 rings (SSSR count). The number of hydrogen-bond acceptors (Lipinski definition) is 3. The van der Waals surface area contributed by atoms with E-state index in [-0.39, 0.29) is 24.4 Å². The van der Waals surface area contributed by atoms with Crippen LogP contribution < -0.4 is 0 Å². The highest BCUT2D eigenvalue weighted by molar-refractivity contribution is 7.12. The van der Waals surface area contributed by atoms with Crippen molar-refractivity contribution in [2.75, 3.05) is 13.1 Å². The molecule has 1 aromatic carbocycles. The van der Waals surface area contributed by atoms with Gasteiger partial charge in [0.05, 0.1) is 11.4 Å². The lowest BCUT2D eigenvalue weighted by molar-refractivity contribution is -0.135. The molecule has 192 valence electrons. The van der Waals surface area contributed by atoms with Gasteiger partial charge in [0.1, 0.15) is 6.54 Å². The second-order valence-electron chi connectivity index (χ2n) is 9.59. The number of halogens is 1. The quantitative estimate of drug-likeness (QED) is 0.274. The number of nitrogens with zero attached hydrogens (tertiary/aromatic N) is 3. The Kier molecular flexibility index (Phi) is 9.65. The van der Waals surface area contributed by atoms with E-state index in [1.165, 1.54) is 17.8 Å². The normalized spacial score (nSPS) is 14.1. The molecule has 2 amide bonds. The van der Waals surface area contributed by atoms with Crippen LogP contribution in [-0.4, -0.2) is 45.3 Å². The van der Waals surface area contributed by atoms with Crippen LogP contribution in [0.25, 0.3) is 0 Å². The Bertz CT molecular complexity index is 1120. The largest absolute Gasteiger partial charge is 0.345 e. The van der Waals surface area contributed by atoms with Crippen molar-refractivity contribution in [1.82, 2.24) is 14.4 Å². The number of thiophene rings is 1. The second kappa shape index (κ2) is 13.1. The molecule has 1 saturated carbocycles. The van der Waals surface area contributed by atoms with Gasteiger partial charge >= 0.3 is 0 Å². The van der Waals surface area contributed by atoms with Crippen molar-refractivity contribution in [2.24, 2.45) is 0 Å².